The molecule has 1 aliphatic rings. The van der Waals surface area contributed by atoms with Gasteiger partial charge in [-0.05, 0) is 61.1 Å². The summed E-state index contributed by atoms with van der Waals surface area (Å²) in [5.41, 5.74) is 1.84. The van der Waals surface area contributed by atoms with Crippen molar-refractivity contribution in [3.8, 4) is 11.5 Å². The first-order chi connectivity index (χ1) is 14.1. The average Bonchev–Trinajstić information content (AvgIpc) is 2.78. The topological polar surface area (TPSA) is 61.8 Å². The summed E-state index contributed by atoms with van der Waals surface area (Å²) in [5.74, 6) is -0.0562. The van der Waals surface area contributed by atoms with Gasteiger partial charge in [-0.3, -0.25) is 4.79 Å². The standard InChI is InChI=1S/C24H28O5/c1-27-19-13-11-17(12-14-19)22(18-7-6-10-21(15-18)28-2)16-23(25)24(26)29-20-8-4-3-5-9-20/h6-7,10-15,20,22H,3-5,8-9,16H2,1-2H3. The molecular formula is C24H28O5. The minimum Gasteiger partial charge on any atom is -0.497 e. The van der Waals surface area contributed by atoms with E-state index in [1.54, 1.807) is 14.2 Å². The Labute approximate surface area is 172 Å². The van der Waals surface area contributed by atoms with E-state index in [4.69, 9.17) is 14.2 Å². The Bertz CT molecular complexity index is 821. The Kier molecular flexibility index (Phi) is 7.28. The molecule has 0 bridgehead atoms. The van der Waals surface area contributed by atoms with Crippen molar-refractivity contribution in [1.82, 2.24) is 0 Å². The summed E-state index contributed by atoms with van der Waals surface area (Å²) in [4.78, 5) is 25.1. The summed E-state index contributed by atoms with van der Waals surface area (Å²) in [6.45, 7) is 0. The number of ketones is 1. The Morgan fingerprint density at radius 1 is 0.897 bits per heavy atom. The van der Waals surface area contributed by atoms with Crippen molar-refractivity contribution in [2.24, 2.45) is 0 Å². The fraction of sp³-hybridized carbons (Fsp3) is 0.417. The molecule has 0 aliphatic heterocycles. The van der Waals surface area contributed by atoms with Crippen molar-refractivity contribution in [3.05, 3.63) is 59.7 Å². The van der Waals surface area contributed by atoms with E-state index in [9.17, 15) is 9.59 Å². The first-order valence-electron chi connectivity index (χ1n) is 10.1. The number of esters is 1. The lowest BCUT2D eigenvalue weighted by Gasteiger charge is -2.22. The third-order valence-electron chi connectivity index (χ3n) is 5.46. The van der Waals surface area contributed by atoms with E-state index in [0.29, 0.717) is 5.75 Å². The second-order valence-electron chi connectivity index (χ2n) is 7.39. The zero-order valence-corrected chi connectivity index (χ0v) is 17.1. The largest absolute Gasteiger partial charge is 0.497 e. The molecule has 0 N–H and O–H groups in total. The number of carbonyl (C=O) groups is 2. The second-order valence-corrected chi connectivity index (χ2v) is 7.39. The molecule has 0 radical (unpaired) electrons. The van der Waals surface area contributed by atoms with Gasteiger partial charge in [-0.1, -0.05) is 30.7 Å². The highest BCUT2D eigenvalue weighted by atomic mass is 16.5. The van der Waals surface area contributed by atoms with Gasteiger partial charge >= 0.3 is 5.97 Å². The molecule has 1 fully saturated rings. The summed E-state index contributed by atoms with van der Waals surface area (Å²) in [6.07, 6.45) is 4.86. The van der Waals surface area contributed by atoms with Gasteiger partial charge in [0, 0.05) is 12.3 Å². The molecule has 1 atom stereocenters. The highest BCUT2D eigenvalue weighted by molar-refractivity contribution is 6.33. The second kappa shape index (κ2) is 10.1. The van der Waals surface area contributed by atoms with E-state index in [1.807, 2.05) is 48.5 Å². The third-order valence-corrected chi connectivity index (χ3v) is 5.46. The number of rotatable bonds is 8. The van der Waals surface area contributed by atoms with Gasteiger partial charge in [0.15, 0.2) is 0 Å². The molecule has 2 aromatic carbocycles. The maximum atomic E-state index is 12.7. The number of hydrogen-bond donors (Lipinski definition) is 0. The first kappa shape index (κ1) is 20.9. The zero-order chi connectivity index (χ0) is 20.6. The lowest BCUT2D eigenvalue weighted by atomic mass is 9.87. The molecule has 0 spiro atoms. The number of methoxy groups -OCH3 is 2. The van der Waals surface area contributed by atoms with Crippen LogP contribution in [0.3, 0.4) is 0 Å². The predicted octanol–water partition coefficient (Wildman–Crippen LogP) is 4.67. The lowest BCUT2D eigenvalue weighted by molar-refractivity contribution is -0.159. The number of benzene rings is 2. The molecule has 2 aromatic rings. The van der Waals surface area contributed by atoms with E-state index in [0.717, 1.165) is 49.0 Å². The van der Waals surface area contributed by atoms with E-state index in [1.165, 1.54) is 0 Å². The molecule has 5 nitrogen and oxygen atoms in total. The predicted molar refractivity (Wildman–Crippen MR) is 110 cm³/mol. The molecule has 154 valence electrons. The Balaban J connectivity index is 1.79. The van der Waals surface area contributed by atoms with Gasteiger partial charge < -0.3 is 14.2 Å². The SMILES string of the molecule is COc1ccc(C(CC(=O)C(=O)OC2CCCCC2)c2cccc(OC)c2)cc1. The van der Waals surface area contributed by atoms with Gasteiger partial charge in [0.1, 0.15) is 17.6 Å². The smallest absolute Gasteiger partial charge is 0.374 e. The van der Waals surface area contributed by atoms with Crippen LogP contribution in [0.2, 0.25) is 0 Å². The van der Waals surface area contributed by atoms with Gasteiger partial charge in [0.05, 0.1) is 14.2 Å². The molecule has 0 amide bonds. The molecule has 1 aliphatic carbocycles. The fourth-order valence-electron chi connectivity index (χ4n) is 3.79. The number of hydrogen-bond acceptors (Lipinski definition) is 5. The molecule has 5 heteroatoms. The maximum absolute atomic E-state index is 12.7. The van der Waals surface area contributed by atoms with E-state index in [-0.39, 0.29) is 18.4 Å². The summed E-state index contributed by atoms with van der Waals surface area (Å²) in [7, 11) is 3.22. The molecule has 0 saturated heterocycles. The molecule has 1 unspecified atom stereocenters. The van der Waals surface area contributed by atoms with Gasteiger partial charge in [-0.15, -0.1) is 0 Å². The minimum absolute atomic E-state index is 0.0467. The van der Waals surface area contributed by atoms with Crippen LogP contribution in [0.5, 0.6) is 11.5 Å². The molecule has 29 heavy (non-hydrogen) atoms. The van der Waals surface area contributed by atoms with Gasteiger partial charge in [-0.2, -0.15) is 0 Å². The third kappa shape index (κ3) is 5.59. The van der Waals surface area contributed by atoms with Crippen molar-refractivity contribution >= 4 is 11.8 Å². The summed E-state index contributed by atoms with van der Waals surface area (Å²) < 4.78 is 16.0. The fourth-order valence-corrected chi connectivity index (χ4v) is 3.79. The van der Waals surface area contributed by atoms with Crippen LogP contribution in [0.15, 0.2) is 48.5 Å². The van der Waals surface area contributed by atoms with Crippen LogP contribution in [-0.2, 0) is 14.3 Å². The lowest BCUT2D eigenvalue weighted by Crippen LogP contribution is -2.27. The Morgan fingerprint density at radius 2 is 1.59 bits per heavy atom. The molecule has 3 rings (SSSR count). The van der Waals surface area contributed by atoms with Crippen LogP contribution in [0, 0.1) is 0 Å². The van der Waals surface area contributed by atoms with Crippen LogP contribution in [0.25, 0.3) is 0 Å². The quantitative estimate of drug-likeness (QED) is 0.479. The first-order valence-corrected chi connectivity index (χ1v) is 10.1. The Morgan fingerprint density at radius 3 is 2.24 bits per heavy atom. The van der Waals surface area contributed by atoms with E-state index in [2.05, 4.69) is 0 Å². The monoisotopic (exact) mass is 396 g/mol. The molecule has 0 heterocycles. The highest BCUT2D eigenvalue weighted by Gasteiger charge is 2.27. The van der Waals surface area contributed by atoms with Crippen LogP contribution in [-0.4, -0.2) is 32.1 Å². The van der Waals surface area contributed by atoms with E-state index < -0.39 is 11.8 Å². The maximum Gasteiger partial charge on any atom is 0.374 e. The number of carbonyl (C=O) groups excluding carboxylic acids is 2. The van der Waals surface area contributed by atoms with Crippen molar-refractivity contribution < 1.29 is 23.8 Å². The van der Waals surface area contributed by atoms with Crippen molar-refractivity contribution in [2.75, 3.05) is 14.2 Å². The van der Waals surface area contributed by atoms with Crippen LogP contribution in [0.1, 0.15) is 55.6 Å². The zero-order valence-electron chi connectivity index (χ0n) is 17.1. The average molecular weight is 396 g/mol. The molecular weight excluding hydrogens is 368 g/mol. The number of ether oxygens (including phenoxy) is 3. The van der Waals surface area contributed by atoms with Crippen molar-refractivity contribution in [1.29, 1.82) is 0 Å². The summed E-state index contributed by atoms with van der Waals surface area (Å²) in [5, 5.41) is 0. The van der Waals surface area contributed by atoms with Crippen molar-refractivity contribution in [3.63, 3.8) is 0 Å². The summed E-state index contributed by atoms with van der Waals surface area (Å²) in [6, 6.07) is 15.1. The van der Waals surface area contributed by atoms with Gasteiger partial charge in [-0.25, -0.2) is 4.79 Å². The normalized spacial score (nSPS) is 15.4. The van der Waals surface area contributed by atoms with Crippen LogP contribution < -0.4 is 9.47 Å². The Hall–Kier alpha value is -2.82. The highest BCUT2D eigenvalue weighted by Crippen LogP contribution is 2.32. The number of Topliss-reactive ketones (excluding diaryl/α,β-unsaturated/α-hetero) is 1. The van der Waals surface area contributed by atoms with E-state index >= 15 is 0 Å². The molecule has 1 saturated carbocycles. The summed E-state index contributed by atoms with van der Waals surface area (Å²) >= 11 is 0. The minimum atomic E-state index is -0.724. The molecule has 0 aromatic heterocycles. The van der Waals surface area contributed by atoms with Gasteiger partial charge in [0.25, 0.3) is 0 Å². The van der Waals surface area contributed by atoms with Gasteiger partial charge in [0.2, 0.25) is 5.78 Å². The van der Waals surface area contributed by atoms with Crippen molar-refractivity contribution in [2.45, 2.75) is 50.5 Å². The van der Waals surface area contributed by atoms with Crippen LogP contribution in [0.4, 0.5) is 0 Å². The van der Waals surface area contributed by atoms with Crippen LogP contribution >= 0.6 is 0 Å².